The topological polar surface area (TPSA) is 46.3 Å². The molecule has 4 heteroatoms. The molecule has 1 fully saturated rings. The minimum absolute atomic E-state index is 0.146. The van der Waals surface area contributed by atoms with Crippen LogP contribution in [-0.2, 0) is 4.79 Å². The summed E-state index contributed by atoms with van der Waals surface area (Å²) in [4.78, 5) is 11.0. The molecule has 15 heavy (non-hydrogen) atoms. The van der Waals surface area contributed by atoms with Crippen LogP contribution in [0.5, 0.6) is 0 Å². The molecule has 0 saturated heterocycles. The molecule has 1 aliphatic rings. The molecule has 0 aromatic carbocycles. The third-order valence-electron chi connectivity index (χ3n) is 2.98. The Bertz CT molecular complexity index is 203. The van der Waals surface area contributed by atoms with Gasteiger partial charge in [0.05, 0.1) is 0 Å². The van der Waals surface area contributed by atoms with Crippen LogP contribution in [0.2, 0.25) is 0 Å². The molecule has 1 saturated carbocycles. The van der Waals surface area contributed by atoms with E-state index in [2.05, 4.69) is 18.8 Å². The third-order valence-corrected chi connectivity index (χ3v) is 4.30. The van der Waals surface area contributed by atoms with Crippen LogP contribution in [0.25, 0.3) is 0 Å². The first-order valence-electron chi connectivity index (χ1n) is 5.79. The fraction of sp³-hybridized carbons (Fsp3) is 0.909. The van der Waals surface area contributed by atoms with E-state index in [1.807, 2.05) is 0 Å². The van der Waals surface area contributed by atoms with E-state index in [1.165, 1.54) is 32.1 Å². The van der Waals surface area contributed by atoms with Crippen LogP contribution in [0.3, 0.4) is 0 Å². The first-order chi connectivity index (χ1) is 7.08. The Labute approximate surface area is 94.6 Å². The van der Waals surface area contributed by atoms with Gasteiger partial charge >= 0.3 is 0 Å². The second-order valence-electron chi connectivity index (χ2n) is 4.78. The molecular weight excluding hydrogens is 207 g/mol. The van der Waals surface area contributed by atoms with Crippen molar-refractivity contribution >= 4 is 14.6 Å². The molecule has 1 amide bonds. The van der Waals surface area contributed by atoms with Crippen LogP contribution >= 0.6 is 8.73 Å². The zero-order valence-electron chi connectivity index (χ0n) is 9.83. The summed E-state index contributed by atoms with van der Waals surface area (Å²) >= 11 is 0. The smallest absolute Gasteiger partial charge is 0.218 e. The van der Waals surface area contributed by atoms with Crippen molar-refractivity contribution in [1.29, 1.82) is 0 Å². The average Bonchev–Trinajstić information content (AvgIpc) is 2.53. The van der Waals surface area contributed by atoms with Gasteiger partial charge in [-0.15, -0.1) is 0 Å². The number of rotatable bonds is 6. The summed E-state index contributed by atoms with van der Waals surface area (Å²) < 4.78 is 2.18. The molecule has 1 aliphatic carbocycles. The maximum atomic E-state index is 11.0. The molecule has 0 heterocycles. The summed E-state index contributed by atoms with van der Waals surface area (Å²) in [7, 11) is 4.87. The van der Waals surface area contributed by atoms with E-state index in [1.54, 1.807) is 0 Å². The van der Waals surface area contributed by atoms with Gasteiger partial charge in [0, 0.05) is 6.42 Å². The lowest BCUT2D eigenvalue weighted by molar-refractivity contribution is -0.118. The van der Waals surface area contributed by atoms with Gasteiger partial charge in [-0.2, -0.15) is 0 Å². The lowest BCUT2D eigenvalue weighted by atomic mass is 10.00. The molecule has 0 aromatic rings. The van der Waals surface area contributed by atoms with Crippen molar-refractivity contribution in [3.63, 3.8) is 0 Å². The first kappa shape index (κ1) is 12.9. The van der Waals surface area contributed by atoms with Gasteiger partial charge in [0.2, 0.25) is 5.91 Å². The number of carbonyl (C=O) groups excluding carboxylic acids is 1. The molecule has 2 N–H and O–H groups in total. The Balaban J connectivity index is 2.36. The number of amides is 1. The van der Waals surface area contributed by atoms with Crippen molar-refractivity contribution < 1.29 is 4.79 Å². The van der Waals surface area contributed by atoms with E-state index in [-0.39, 0.29) is 5.91 Å². The van der Waals surface area contributed by atoms with Gasteiger partial charge in [0.15, 0.2) is 0 Å². The molecule has 1 rings (SSSR count). The van der Waals surface area contributed by atoms with Gasteiger partial charge < -0.3 is 5.73 Å². The Morgan fingerprint density at radius 2 is 2.07 bits per heavy atom. The molecule has 3 nitrogen and oxygen atoms in total. The summed E-state index contributed by atoms with van der Waals surface area (Å²) in [6.07, 6.45) is 7.21. The van der Waals surface area contributed by atoms with Crippen molar-refractivity contribution in [1.82, 2.24) is 4.67 Å². The van der Waals surface area contributed by atoms with Gasteiger partial charge in [-0.3, -0.25) is 9.46 Å². The molecule has 2 atom stereocenters. The monoisotopic (exact) mass is 230 g/mol. The van der Waals surface area contributed by atoms with Crippen molar-refractivity contribution in [2.24, 2.45) is 11.7 Å². The lowest BCUT2D eigenvalue weighted by Gasteiger charge is -2.22. The zero-order chi connectivity index (χ0) is 11.3. The molecule has 88 valence electrons. The summed E-state index contributed by atoms with van der Waals surface area (Å²) in [5.74, 6) is 0.703. The first-order valence-corrected chi connectivity index (χ1v) is 6.82. The highest BCUT2D eigenvalue weighted by Crippen LogP contribution is 2.36. The van der Waals surface area contributed by atoms with Crippen LogP contribution in [0.4, 0.5) is 0 Å². The lowest BCUT2D eigenvalue weighted by Crippen LogP contribution is -2.21. The predicted octanol–water partition coefficient (Wildman–Crippen LogP) is 1.97. The van der Waals surface area contributed by atoms with E-state index >= 15 is 0 Å². The minimum Gasteiger partial charge on any atom is -0.370 e. The summed E-state index contributed by atoms with van der Waals surface area (Å²) in [6.45, 7) is 0. The van der Waals surface area contributed by atoms with E-state index < -0.39 is 0 Å². The molecule has 2 unspecified atom stereocenters. The maximum absolute atomic E-state index is 11.0. The number of nitrogens with zero attached hydrogens (tertiary/aromatic N) is 1. The molecular formula is C11H23N2OP. The largest absolute Gasteiger partial charge is 0.370 e. The zero-order valence-corrected chi connectivity index (χ0v) is 10.8. The highest BCUT2D eigenvalue weighted by Gasteiger charge is 2.21. The second kappa shape index (κ2) is 6.44. The quantitative estimate of drug-likeness (QED) is 0.709. The van der Waals surface area contributed by atoms with Crippen LogP contribution in [-0.4, -0.2) is 30.3 Å². The Morgan fingerprint density at radius 3 is 2.53 bits per heavy atom. The van der Waals surface area contributed by atoms with E-state index in [4.69, 9.17) is 5.73 Å². The second-order valence-corrected chi connectivity index (χ2v) is 6.75. The van der Waals surface area contributed by atoms with Gasteiger partial charge in [0.25, 0.3) is 0 Å². The molecule has 0 spiro atoms. The molecule has 0 radical (unpaired) electrons. The maximum Gasteiger partial charge on any atom is 0.218 e. The fourth-order valence-corrected chi connectivity index (χ4v) is 3.90. The fourth-order valence-electron chi connectivity index (χ4n) is 2.44. The van der Waals surface area contributed by atoms with Gasteiger partial charge in [-0.05, 0) is 40.8 Å². The number of primary amides is 1. The molecule has 0 aliphatic heterocycles. The molecule has 0 aromatic heterocycles. The van der Waals surface area contributed by atoms with Crippen molar-refractivity contribution in [3.8, 4) is 0 Å². The summed E-state index contributed by atoms with van der Waals surface area (Å²) in [5, 5.41) is 0. The number of nitrogens with two attached hydrogens (primary N) is 1. The summed E-state index contributed by atoms with van der Waals surface area (Å²) in [5.41, 5.74) is 5.78. The third kappa shape index (κ3) is 5.48. The van der Waals surface area contributed by atoms with Crippen LogP contribution in [0.15, 0.2) is 0 Å². The van der Waals surface area contributed by atoms with E-state index in [9.17, 15) is 4.79 Å². The Hall–Kier alpha value is -0.140. The Kier molecular flexibility index (Phi) is 5.55. The normalized spacial score (nSPS) is 20.5. The van der Waals surface area contributed by atoms with Crippen molar-refractivity contribution in [2.75, 3.05) is 14.1 Å². The van der Waals surface area contributed by atoms with E-state index in [0.717, 1.165) is 14.6 Å². The standard InChI is InChI=1S/C11H23N2OP/c1-13(2)15-10(8-11(12)14)7-9-5-3-4-6-9/h9-10,15H,3-8H2,1-2H3,(H2,12,14). The van der Waals surface area contributed by atoms with Crippen molar-refractivity contribution in [2.45, 2.75) is 44.2 Å². The number of carbonyl (C=O) groups is 1. The van der Waals surface area contributed by atoms with Crippen LogP contribution in [0, 0.1) is 5.92 Å². The average molecular weight is 230 g/mol. The van der Waals surface area contributed by atoms with E-state index in [0.29, 0.717) is 12.1 Å². The summed E-state index contributed by atoms with van der Waals surface area (Å²) in [6, 6.07) is 0. The highest BCUT2D eigenvalue weighted by molar-refractivity contribution is 7.36. The number of hydrogen-bond acceptors (Lipinski definition) is 2. The SMILES string of the molecule is CN(C)PC(CC(N)=O)CC1CCCC1. The Morgan fingerprint density at radius 1 is 1.47 bits per heavy atom. The minimum atomic E-state index is -0.146. The van der Waals surface area contributed by atoms with Crippen LogP contribution < -0.4 is 5.73 Å². The highest BCUT2D eigenvalue weighted by atomic mass is 31.1. The predicted molar refractivity (Wildman–Crippen MR) is 66.2 cm³/mol. The van der Waals surface area contributed by atoms with Gasteiger partial charge in [-0.25, -0.2) is 0 Å². The number of hydrogen-bond donors (Lipinski definition) is 1. The van der Waals surface area contributed by atoms with Crippen LogP contribution in [0.1, 0.15) is 38.5 Å². The van der Waals surface area contributed by atoms with Gasteiger partial charge in [0.1, 0.15) is 0 Å². The molecule has 0 bridgehead atoms. The van der Waals surface area contributed by atoms with Gasteiger partial charge in [-0.1, -0.05) is 25.7 Å². The van der Waals surface area contributed by atoms with Crippen molar-refractivity contribution in [3.05, 3.63) is 0 Å².